The van der Waals surface area contributed by atoms with Crippen molar-refractivity contribution in [1.29, 1.82) is 0 Å². The van der Waals surface area contributed by atoms with Crippen LogP contribution in [0.5, 0.6) is 5.75 Å². The molecule has 0 heterocycles. The third kappa shape index (κ3) is 5.28. The van der Waals surface area contributed by atoms with E-state index in [0.717, 1.165) is 23.3 Å². The Bertz CT molecular complexity index is 368. The van der Waals surface area contributed by atoms with Crippen molar-refractivity contribution in [3.63, 3.8) is 0 Å². The van der Waals surface area contributed by atoms with Gasteiger partial charge in [-0.25, -0.2) is 0 Å². The molecule has 1 N–H and O–H groups in total. The highest BCUT2D eigenvalue weighted by Crippen LogP contribution is 2.29. The van der Waals surface area contributed by atoms with Crippen LogP contribution in [0.1, 0.15) is 20.8 Å². The average Bonchev–Trinajstić information content (AvgIpc) is 2.25. The van der Waals surface area contributed by atoms with Crippen molar-refractivity contribution < 1.29 is 4.74 Å². The Morgan fingerprint density at radius 2 is 2.12 bits per heavy atom. The van der Waals surface area contributed by atoms with E-state index in [1.54, 1.807) is 0 Å². The Labute approximate surface area is 117 Å². The van der Waals surface area contributed by atoms with Gasteiger partial charge in [-0.1, -0.05) is 48.3 Å². The van der Waals surface area contributed by atoms with Crippen LogP contribution in [0.3, 0.4) is 0 Å². The third-order valence-corrected chi connectivity index (χ3v) is 3.15. The number of nitrogens with one attached hydrogen (secondary N) is 1. The summed E-state index contributed by atoms with van der Waals surface area (Å²) >= 11 is 9.46. The van der Waals surface area contributed by atoms with Crippen LogP contribution in [0.25, 0.3) is 0 Å². The maximum absolute atomic E-state index is 6.09. The van der Waals surface area contributed by atoms with Gasteiger partial charge >= 0.3 is 0 Å². The van der Waals surface area contributed by atoms with E-state index in [1.165, 1.54) is 0 Å². The molecule has 2 nitrogen and oxygen atoms in total. The van der Waals surface area contributed by atoms with Crippen LogP contribution < -0.4 is 10.1 Å². The molecule has 0 aliphatic carbocycles. The highest BCUT2D eigenvalue weighted by Gasteiger charge is 2.18. The summed E-state index contributed by atoms with van der Waals surface area (Å²) in [4.78, 5) is 0. The van der Waals surface area contributed by atoms with Gasteiger partial charge in [-0.2, -0.15) is 0 Å². The minimum absolute atomic E-state index is 0.0897. The molecule has 0 saturated heterocycles. The topological polar surface area (TPSA) is 21.3 Å². The highest BCUT2D eigenvalue weighted by molar-refractivity contribution is 9.10. The van der Waals surface area contributed by atoms with Crippen molar-refractivity contribution >= 4 is 27.5 Å². The average molecular weight is 321 g/mol. The molecule has 0 aliphatic heterocycles. The molecule has 17 heavy (non-hydrogen) atoms. The second-order valence-corrected chi connectivity index (χ2v) is 6.13. The van der Waals surface area contributed by atoms with E-state index in [-0.39, 0.29) is 5.41 Å². The minimum Gasteiger partial charge on any atom is -0.491 e. The molecule has 0 spiro atoms. The quantitative estimate of drug-likeness (QED) is 0.851. The van der Waals surface area contributed by atoms with Gasteiger partial charge in [0.05, 0.1) is 11.6 Å². The van der Waals surface area contributed by atoms with Crippen molar-refractivity contribution in [2.24, 2.45) is 5.41 Å². The lowest BCUT2D eigenvalue weighted by Gasteiger charge is -2.25. The van der Waals surface area contributed by atoms with Gasteiger partial charge in [-0.05, 0) is 24.7 Å². The van der Waals surface area contributed by atoms with E-state index in [4.69, 9.17) is 16.3 Å². The molecule has 0 atom stereocenters. The molecule has 0 radical (unpaired) electrons. The lowest BCUT2D eigenvalue weighted by atomic mass is 9.95. The molecule has 0 aliphatic rings. The summed E-state index contributed by atoms with van der Waals surface area (Å²) in [6.45, 7) is 8.98. The molecule has 0 amide bonds. The first-order valence-electron chi connectivity index (χ1n) is 5.73. The zero-order valence-corrected chi connectivity index (χ0v) is 12.9. The number of benzene rings is 1. The molecule has 0 bridgehead atoms. The SMILES string of the molecule is CCNCC(C)(C)COc1ccc(Br)cc1Cl. The van der Waals surface area contributed by atoms with Crippen LogP contribution in [0.2, 0.25) is 5.02 Å². The van der Waals surface area contributed by atoms with Crippen molar-refractivity contribution in [2.45, 2.75) is 20.8 Å². The smallest absolute Gasteiger partial charge is 0.137 e. The van der Waals surface area contributed by atoms with Crippen LogP contribution in [-0.4, -0.2) is 19.7 Å². The van der Waals surface area contributed by atoms with Crippen LogP contribution in [0.4, 0.5) is 0 Å². The molecule has 0 unspecified atom stereocenters. The number of hydrogen-bond donors (Lipinski definition) is 1. The van der Waals surface area contributed by atoms with E-state index in [1.807, 2.05) is 18.2 Å². The second kappa shape index (κ2) is 6.62. The molecular formula is C13H19BrClNO. The standard InChI is InChI=1S/C13H19BrClNO/c1-4-16-8-13(2,3)9-17-12-6-5-10(14)7-11(12)15/h5-7,16H,4,8-9H2,1-3H3. The van der Waals surface area contributed by atoms with Gasteiger partial charge in [0.25, 0.3) is 0 Å². The molecule has 96 valence electrons. The fraction of sp³-hybridized carbons (Fsp3) is 0.538. The Morgan fingerprint density at radius 3 is 2.71 bits per heavy atom. The van der Waals surface area contributed by atoms with Crippen molar-refractivity contribution in [3.05, 3.63) is 27.7 Å². The zero-order chi connectivity index (χ0) is 12.9. The summed E-state index contributed by atoms with van der Waals surface area (Å²) in [5, 5.41) is 3.97. The van der Waals surface area contributed by atoms with Gasteiger partial charge in [0.15, 0.2) is 0 Å². The van der Waals surface area contributed by atoms with Crippen LogP contribution >= 0.6 is 27.5 Å². The van der Waals surface area contributed by atoms with Crippen LogP contribution in [-0.2, 0) is 0 Å². The zero-order valence-electron chi connectivity index (χ0n) is 10.5. The number of ether oxygens (including phenoxy) is 1. The Morgan fingerprint density at radius 1 is 1.41 bits per heavy atom. The summed E-state index contributed by atoms with van der Waals surface area (Å²) in [7, 11) is 0. The fourth-order valence-electron chi connectivity index (χ4n) is 1.38. The van der Waals surface area contributed by atoms with E-state index in [0.29, 0.717) is 11.6 Å². The summed E-state index contributed by atoms with van der Waals surface area (Å²) in [6.07, 6.45) is 0. The lowest BCUT2D eigenvalue weighted by Crippen LogP contribution is -2.34. The molecule has 1 aromatic carbocycles. The third-order valence-electron chi connectivity index (χ3n) is 2.37. The normalized spacial score (nSPS) is 11.6. The van der Waals surface area contributed by atoms with Gasteiger partial charge in [-0.3, -0.25) is 0 Å². The van der Waals surface area contributed by atoms with E-state index in [2.05, 4.69) is 42.0 Å². The summed E-state index contributed by atoms with van der Waals surface area (Å²) in [5.74, 6) is 0.736. The molecule has 0 fully saturated rings. The van der Waals surface area contributed by atoms with Crippen LogP contribution in [0.15, 0.2) is 22.7 Å². The van der Waals surface area contributed by atoms with Gasteiger partial charge in [-0.15, -0.1) is 0 Å². The van der Waals surface area contributed by atoms with Crippen molar-refractivity contribution in [2.75, 3.05) is 19.7 Å². The summed E-state index contributed by atoms with van der Waals surface area (Å²) < 4.78 is 6.72. The second-order valence-electron chi connectivity index (χ2n) is 4.81. The molecule has 0 aromatic heterocycles. The van der Waals surface area contributed by atoms with Gasteiger partial charge < -0.3 is 10.1 Å². The minimum atomic E-state index is 0.0897. The van der Waals surface area contributed by atoms with Gasteiger partial charge in [0.2, 0.25) is 0 Å². The van der Waals surface area contributed by atoms with Crippen LogP contribution in [0, 0.1) is 5.41 Å². The molecular weight excluding hydrogens is 302 g/mol. The molecule has 4 heteroatoms. The van der Waals surface area contributed by atoms with Gasteiger partial charge in [0, 0.05) is 16.4 Å². The summed E-state index contributed by atoms with van der Waals surface area (Å²) in [5.41, 5.74) is 0.0897. The van der Waals surface area contributed by atoms with E-state index >= 15 is 0 Å². The lowest BCUT2D eigenvalue weighted by molar-refractivity contribution is 0.177. The maximum Gasteiger partial charge on any atom is 0.137 e. The Balaban J connectivity index is 2.54. The Kier molecular flexibility index (Phi) is 5.77. The molecule has 0 saturated carbocycles. The predicted octanol–water partition coefficient (Wildman–Crippen LogP) is 4.12. The van der Waals surface area contributed by atoms with Crippen molar-refractivity contribution in [3.8, 4) is 5.75 Å². The van der Waals surface area contributed by atoms with E-state index < -0.39 is 0 Å². The number of halogens is 2. The summed E-state index contributed by atoms with van der Waals surface area (Å²) in [6, 6.07) is 5.66. The monoisotopic (exact) mass is 319 g/mol. The first-order chi connectivity index (χ1) is 7.94. The Hall–Kier alpha value is -0.250. The highest BCUT2D eigenvalue weighted by atomic mass is 79.9. The van der Waals surface area contributed by atoms with Crippen molar-refractivity contribution in [1.82, 2.24) is 5.32 Å². The fourth-order valence-corrected chi connectivity index (χ4v) is 2.11. The largest absolute Gasteiger partial charge is 0.491 e. The number of rotatable bonds is 6. The maximum atomic E-state index is 6.09. The molecule has 1 aromatic rings. The predicted molar refractivity (Wildman–Crippen MR) is 77.0 cm³/mol. The number of hydrogen-bond acceptors (Lipinski definition) is 2. The molecule has 1 rings (SSSR count). The first kappa shape index (κ1) is 14.8. The first-order valence-corrected chi connectivity index (χ1v) is 6.90. The van der Waals surface area contributed by atoms with E-state index in [9.17, 15) is 0 Å². The van der Waals surface area contributed by atoms with Gasteiger partial charge in [0.1, 0.15) is 5.75 Å².